The van der Waals surface area contributed by atoms with Crippen molar-refractivity contribution >= 4 is 35.3 Å². The fraction of sp³-hybridized carbons (Fsp3) is 0.667. The van der Waals surface area contributed by atoms with Gasteiger partial charge in [0, 0.05) is 25.6 Å². The lowest BCUT2D eigenvalue weighted by Gasteiger charge is -2.44. The second kappa shape index (κ2) is 11.9. The van der Waals surface area contributed by atoms with Crippen LogP contribution in [0.4, 0.5) is 16.3 Å². The Bertz CT molecular complexity index is 1010. The van der Waals surface area contributed by atoms with Crippen molar-refractivity contribution in [2.75, 3.05) is 17.2 Å². The molecule has 4 amide bonds. The van der Waals surface area contributed by atoms with E-state index in [0.29, 0.717) is 35.4 Å². The number of pyridine rings is 1. The van der Waals surface area contributed by atoms with Gasteiger partial charge >= 0.3 is 17.9 Å². The van der Waals surface area contributed by atoms with Gasteiger partial charge in [-0.05, 0) is 89.7 Å². The van der Waals surface area contributed by atoms with Crippen molar-refractivity contribution < 1.29 is 23.9 Å². The number of piperidine rings is 1. The van der Waals surface area contributed by atoms with Crippen LogP contribution in [-0.2, 0) is 19.1 Å². The average Bonchev–Trinajstić information content (AvgIpc) is 2.79. The Kier molecular flexibility index (Phi) is 9.15. The summed E-state index contributed by atoms with van der Waals surface area (Å²) in [5.41, 5.74) is 0.362. The highest BCUT2D eigenvalue weighted by molar-refractivity contribution is 6.39. The van der Waals surface area contributed by atoms with Gasteiger partial charge in [-0.2, -0.15) is 0 Å². The van der Waals surface area contributed by atoms with E-state index in [9.17, 15) is 19.2 Å². The van der Waals surface area contributed by atoms with Gasteiger partial charge < -0.3 is 20.3 Å². The number of ether oxygens (including phenoxy) is 1. The molecule has 10 heteroatoms. The lowest BCUT2D eigenvalue weighted by Crippen LogP contribution is -2.54. The van der Waals surface area contributed by atoms with Gasteiger partial charge in [-0.1, -0.05) is 6.92 Å². The Balaban J connectivity index is 1.63. The molecule has 3 rings (SSSR count). The van der Waals surface area contributed by atoms with Crippen molar-refractivity contribution in [2.24, 2.45) is 11.8 Å². The van der Waals surface area contributed by atoms with Crippen LogP contribution in [0.3, 0.4) is 0 Å². The number of hydrogen-bond donors (Lipinski definition) is 3. The number of aryl methyl sites for hydroxylation is 1. The first-order valence-electron chi connectivity index (χ1n) is 13.2. The van der Waals surface area contributed by atoms with E-state index in [2.05, 4.69) is 27.9 Å². The van der Waals surface area contributed by atoms with Crippen molar-refractivity contribution in [1.29, 1.82) is 0 Å². The SMILES string of the molecule is CC(=O)N[C@H]1CC[C@@H]([C@@H]2CC[C@@H](C)CN2C(=O)C(=O)Nc2cnc(NC(=O)OC(C)(C)C)c(C)c2)CC1. The fourth-order valence-electron chi connectivity index (χ4n) is 5.32. The van der Waals surface area contributed by atoms with Gasteiger partial charge in [0.1, 0.15) is 11.4 Å². The Labute approximate surface area is 219 Å². The zero-order valence-electron chi connectivity index (χ0n) is 22.8. The molecule has 1 aliphatic carbocycles. The lowest BCUT2D eigenvalue weighted by atomic mass is 9.77. The van der Waals surface area contributed by atoms with Gasteiger partial charge in [0.2, 0.25) is 5.91 Å². The van der Waals surface area contributed by atoms with Crippen LogP contribution in [-0.4, -0.2) is 57.9 Å². The molecule has 1 saturated heterocycles. The second-order valence-corrected chi connectivity index (χ2v) is 11.5. The van der Waals surface area contributed by atoms with Crippen LogP contribution in [0.2, 0.25) is 0 Å². The second-order valence-electron chi connectivity index (χ2n) is 11.5. The van der Waals surface area contributed by atoms with E-state index in [0.717, 1.165) is 38.5 Å². The molecule has 0 aromatic carbocycles. The summed E-state index contributed by atoms with van der Waals surface area (Å²) in [6, 6.07) is 1.87. The van der Waals surface area contributed by atoms with E-state index < -0.39 is 23.5 Å². The first-order chi connectivity index (χ1) is 17.3. The van der Waals surface area contributed by atoms with Gasteiger partial charge in [-0.3, -0.25) is 19.7 Å². The monoisotopic (exact) mass is 515 g/mol. The molecule has 10 nitrogen and oxygen atoms in total. The summed E-state index contributed by atoms with van der Waals surface area (Å²) >= 11 is 0. The molecule has 1 aliphatic heterocycles. The largest absolute Gasteiger partial charge is 0.444 e. The lowest BCUT2D eigenvalue weighted by molar-refractivity contribution is -0.147. The molecular weight excluding hydrogens is 474 g/mol. The highest BCUT2D eigenvalue weighted by Gasteiger charge is 2.39. The third kappa shape index (κ3) is 8.16. The number of carbonyl (C=O) groups is 4. The third-order valence-corrected chi connectivity index (χ3v) is 7.00. The molecule has 1 aromatic heterocycles. The molecule has 0 bridgehead atoms. The van der Waals surface area contributed by atoms with Crippen molar-refractivity contribution in [3.05, 3.63) is 17.8 Å². The van der Waals surface area contributed by atoms with Crippen molar-refractivity contribution in [2.45, 2.75) is 97.8 Å². The number of aromatic nitrogens is 1. The van der Waals surface area contributed by atoms with E-state index in [1.807, 2.05) is 0 Å². The molecule has 0 unspecified atom stereocenters. The zero-order chi connectivity index (χ0) is 27.3. The summed E-state index contributed by atoms with van der Waals surface area (Å²) in [5.74, 6) is -0.281. The third-order valence-electron chi connectivity index (χ3n) is 7.00. The van der Waals surface area contributed by atoms with E-state index in [1.165, 1.54) is 13.1 Å². The molecule has 0 spiro atoms. The minimum Gasteiger partial charge on any atom is -0.444 e. The predicted molar refractivity (Wildman–Crippen MR) is 141 cm³/mol. The minimum absolute atomic E-state index is 0.0122. The Morgan fingerprint density at radius 3 is 2.30 bits per heavy atom. The molecule has 2 heterocycles. The highest BCUT2D eigenvalue weighted by atomic mass is 16.6. The van der Waals surface area contributed by atoms with Crippen LogP contribution >= 0.6 is 0 Å². The smallest absolute Gasteiger partial charge is 0.413 e. The first-order valence-corrected chi connectivity index (χ1v) is 13.2. The van der Waals surface area contributed by atoms with Crippen molar-refractivity contribution in [3.63, 3.8) is 0 Å². The van der Waals surface area contributed by atoms with Crippen LogP contribution in [0.1, 0.15) is 78.7 Å². The van der Waals surface area contributed by atoms with Gasteiger partial charge in [-0.25, -0.2) is 9.78 Å². The number of rotatable bonds is 4. The highest BCUT2D eigenvalue weighted by Crippen LogP contribution is 2.35. The van der Waals surface area contributed by atoms with E-state index in [1.54, 1.807) is 38.7 Å². The topological polar surface area (TPSA) is 130 Å². The van der Waals surface area contributed by atoms with Crippen LogP contribution in [0.15, 0.2) is 12.3 Å². The zero-order valence-corrected chi connectivity index (χ0v) is 22.8. The fourth-order valence-corrected chi connectivity index (χ4v) is 5.32. The van der Waals surface area contributed by atoms with Crippen LogP contribution < -0.4 is 16.0 Å². The molecule has 1 saturated carbocycles. The maximum Gasteiger partial charge on any atom is 0.413 e. The summed E-state index contributed by atoms with van der Waals surface area (Å²) < 4.78 is 5.25. The summed E-state index contributed by atoms with van der Waals surface area (Å²) in [6.45, 7) is 11.3. The minimum atomic E-state index is -0.694. The molecule has 37 heavy (non-hydrogen) atoms. The van der Waals surface area contributed by atoms with E-state index in [-0.39, 0.29) is 18.0 Å². The molecular formula is C27H41N5O5. The van der Waals surface area contributed by atoms with E-state index >= 15 is 0 Å². The number of nitrogens with one attached hydrogen (secondary N) is 3. The summed E-state index contributed by atoms with van der Waals surface area (Å²) in [4.78, 5) is 55.7. The Hall–Kier alpha value is -3.17. The first kappa shape index (κ1) is 28.4. The van der Waals surface area contributed by atoms with Crippen LogP contribution in [0.5, 0.6) is 0 Å². The number of carbonyl (C=O) groups excluding carboxylic acids is 4. The molecule has 3 N–H and O–H groups in total. The summed E-state index contributed by atoms with van der Waals surface area (Å²) in [6.07, 6.45) is 6.31. The van der Waals surface area contributed by atoms with Gasteiger partial charge in [-0.15, -0.1) is 0 Å². The average molecular weight is 516 g/mol. The van der Waals surface area contributed by atoms with Crippen LogP contribution in [0, 0.1) is 18.8 Å². The van der Waals surface area contributed by atoms with Gasteiger partial charge in [0.05, 0.1) is 11.9 Å². The quantitative estimate of drug-likeness (QED) is 0.520. The summed E-state index contributed by atoms with van der Waals surface area (Å²) in [7, 11) is 0. The molecule has 2 aliphatic rings. The maximum atomic E-state index is 13.3. The number of anilines is 2. The van der Waals surface area contributed by atoms with E-state index in [4.69, 9.17) is 4.74 Å². The molecule has 204 valence electrons. The maximum absolute atomic E-state index is 13.3. The number of likely N-dealkylation sites (tertiary alicyclic amines) is 1. The van der Waals surface area contributed by atoms with Gasteiger partial charge in [0.25, 0.3) is 0 Å². The van der Waals surface area contributed by atoms with Crippen molar-refractivity contribution in [3.8, 4) is 0 Å². The molecule has 0 radical (unpaired) electrons. The van der Waals surface area contributed by atoms with Crippen LogP contribution in [0.25, 0.3) is 0 Å². The molecule has 1 aromatic rings. The number of amides is 4. The van der Waals surface area contributed by atoms with Crippen molar-refractivity contribution in [1.82, 2.24) is 15.2 Å². The predicted octanol–water partition coefficient (Wildman–Crippen LogP) is 4.00. The summed E-state index contributed by atoms with van der Waals surface area (Å²) in [5, 5.41) is 8.28. The number of nitrogens with zero attached hydrogens (tertiary/aromatic N) is 2. The number of hydrogen-bond acceptors (Lipinski definition) is 6. The standard InChI is InChI=1S/C27H41N5O5/c1-16-7-12-22(19-8-10-20(11-9-19)29-18(3)33)32(15-16)25(35)24(34)30-21-13-17(2)23(28-14-21)31-26(36)37-27(4,5)6/h13-14,16,19-20,22H,7-12,15H2,1-6H3,(H,29,33)(H,30,34)(H,28,31,36)/t16-,19-,20+,22+/m1/s1. The van der Waals surface area contributed by atoms with Gasteiger partial charge in [0.15, 0.2) is 0 Å². The normalized spacial score (nSPS) is 24.1. The Morgan fingerprint density at radius 1 is 1.03 bits per heavy atom. The molecule has 2 atom stereocenters. The Morgan fingerprint density at radius 2 is 1.70 bits per heavy atom. The molecule has 2 fully saturated rings.